The molecule has 0 atom stereocenters. The van der Waals surface area contributed by atoms with Crippen molar-refractivity contribution < 1.29 is 17.1 Å². The van der Waals surface area contributed by atoms with Crippen LogP contribution in [0.1, 0.15) is 0 Å². The molecule has 0 saturated heterocycles. The molecule has 0 bridgehead atoms. The first-order chi connectivity index (χ1) is 17.4. The van der Waals surface area contributed by atoms with Gasteiger partial charge in [-0.1, -0.05) is 84.4 Å². The Morgan fingerprint density at radius 1 is 0.556 bits per heavy atom. The first kappa shape index (κ1) is 23.6. The molecule has 0 N–H and O–H groups in total. The van der Waals surface area contributed by atoms with Crippen LogP contribution in [-0.4, -0.2) is 4.57 Å². The molecule has 7 rings (SSSR count). The predicted octanol–water partition coefficient (Wildman–Crippen LogP) is 9.24. The minimum absolute atomic E-state index is 0. The summed E-state index contributed by atoms with van der Waals surface area (Å²) in [4.78, 5) is 0. The molecule has 1 heterocycles. The smallest absolute Gasteiger partial charge is 0.327 e. The van der Waals surface area contributed by atoms with E-state index in [1.807, 2.05) is 30.3 Å². The molecule has 0 unspecified atom stereocenters. The normalized spacial score (nSPS) is 10.6. The summed E-state index contributed by atoms with van der Waals surface area (Å²) in [5.74, 6) is 0. The molecule has 174 valence electrons. The van der Waals surface area contributed by atoms with E-state index < -0.39 is 0 Å². The molecular weight excluding hydrogens is 478 g/mol. The second-order valence-electron chi connectivity index (χ2n) is 8.64. The standard InChI is InChI=1S/C29H20N.C5H5.Fe/c1-2-10-21(11-3-1)25-18-23-14-6-8-16-26(23)29(20-25)30-27-17-9-7-15-24(27)19-28(30)22-12-4-5-13-22;1-2-4-5-3-1;/h1-20H;1-5H;/q2*-1;+2. The van der Waals surface area contributed by atoms with Crippen LogP contribution >= 0.6 is 0 Å². The quantitative estimate of drug-likeness (QED) is 0.167. The first-order valence-corrected chi connectivity index (χ1v) is 12.0. The summed E-state index contributed by atoms with van der Waals surface area (Å²) in [6, 6.07) is 53.5. The SMILES string of the molecule is [Fe+2].c1cc[cH-]c1.c1ccc(-c2cc(-n3c(-[c-]4cccc4)cc4ccccc43)c3ccccc3c2)cc1. The second-order valence-corrected chi connectivity index (χ2v) is 8.64. The van der Waals surface area contributed by atoms with Crippen molar-refractivity contribution in [3.8, 4) is 28.1 Å². The topological polar surface area (TPSA) is 4.93 Å². The van der Waals surface area contributed by atoms with Crippen LogP contribution in [0.5, 0.6) is 0 Å². The van der Waals surface area contributed by atoms with Crippen molar-refractivity contribution in [3.63, 3.8) is 0 Å². The van der Waals surface area contributed by atoms with Crippen LogP contribution in [0.3, 0.4) is 0 Å². The molecular formula is C34H25FeN. The van der Waals surface area contributed by atoms with Crippen LogP contribution in [0.2, 0.25) is 0 Å². The van der Waals surface area contributed by atoms with E-state index in [2.05, 4.69) is 126 Å². The van der Waals surface area contributed by atoms with Crippen LogP contribution < -0.4 is 0 Å². The van der Waals surface area contributed by atoms with E-state index in [1.165, 1.54) is 49.7 Å². The molecule has 0 aliphatic carbocycles. The van der Waals surface area contributed by atoms with Crippen molar-refractivity contribution in [3.05, 3.63) is 152 Å². The fraction of sp³-hybridized carbons (Fsp3) is 0. The van der Waals surface area contributed by atoms with Gasteiger partial charge in [-0.25, -0.2) is 12.1 Å². The summed E-state index contributed by atoms with van der Waals surface area (Å²) in [5.41, 5.74) is 7.36. The summed E-state index contributed by atoms with van der Waals surface area (Å²) < 4.78 is 2.42. The zero-order chi connectivity index (χ0) is 23.5. The van der Waals surface area contributed by atoms with Gasteiger partial charge in [0, 0.05) is 10.9 Å². The van der Waals surface area contributed by atoms with E-state index in [1.54, 1.807) is 0 Å². The Morgan fingerprint density at radius 2 is 1.22 bits per heavy atom. The van der Waals surface area contributed by atoms with Crippen LogP contribution in [0.15, 0.2) is 152 Å². The van der Waals surface area contributed by atoms with Gasteiger partial charge in [0.2, 0.25) is 0 Å². The van der Waals surface area contributed by atoms with Crippen molar-refractivity contribution in [2.75, 3.05) is 0 Å². The zero-order valence-corrected chi connectivity index (χ0v) is 20.8. The maximum Gasteiger partial charge on any atom is 2.00 e. The third-order valence-electron chi connectivity index (χ3n) is 6.41. The minimum Gasteiger partial charge on any atom is -0.327 e. The van der Waals surface area contributed by atoms with Gasteiger partial charge >= 0.3 is 17.1 Å². The molecule has 0 spiro atoms. The molecule has 1 nitrogen and oxygen atoms in total. The third-order valence-corrected chi connectivity index (χ3v) is 6.41. The Balaban J connectivity index is 0.000000400. The molecule has 0 aliphatic rings. The van der Waals surface area contributed by atoms with Crippen molar-refractivity contribution in [1.29, 1.82) is 0 Å². The average Bonchev–Trinajstić information content (AvgIpc) is 3.71. The predicted molar refractivity (Wildman–Crippen MR) is 149 cm³/mol. The second kappa shape index (κ2) is 10.7. The van der Waals surface area contributed by atoms with Gasteiger partial charge in [-0.2, -0.15) is 30.3 Å². The maximum atomic E-state index is 2.42. The van der Waals surface area contributed by atoms with Crippen LogP contribution in [0.25, 0.3) is 49.7 Å². The Morgan fingerprint density at radius 3 is 1.94 bits per heavy atom. The van der Waals surface area contributed by atoms with E-state index in [0.29, 0.717) is 0 Å². The Kier molecular flexibility index (Phi) is 7.00. The van der Waals surface area contributed by atoms with Gasteiger partial charge in [0.1, 0.15) is 0 Å². The van der Waals surface area contributed by atoms with E-state index in [9.17, 15) is 0 Å². The Labute approximate surface area is 222 Å². The third kappa shape index (κ3) is 4.57. The Bertz CT molecular complexity index is 1650. The van der Waals surface area contributed by atoms with Gasteiger partial charge in [-0.15, -0.1) is 12.1 Å². The van der Waals surface area contributed by atoms with E-state index in [-0.39, 0.29) is 17.1 Å². The number of aromatic nitrogens is 1. The molecule has 0 aliphatic heterocycles. The monoisotopic (exact) mass is 503 g/mol. The summed E-state index contributed by atoms with van der Waals surface area (Å²) in [6.45, 7) is 0. The molecule has 36 heavy (non-hydrogen) atoms. The van der Waals surface area contributed by atoms with E-state index in [0.717, 1.165) is 0 Å². The van der Waals surface area contributed by atoms with Crippen molar-refractivity contribution in [2.24, 2.45) is 0 Å². The number of hydrogen-bond donors (Lipinski definition) is 0. The average molecular weight is 503 g/mol. The van der Waals surface area contributed by atoms with Crippen molar-refractivity contribution in [1.82, 2.24) is 4.57 Å². The molecule has 2 heteroatoms. The van der Waals surface area contributed by atoms with Crippen LogP contribution in [0.4, 0.5) is 0 Å². The Hall–Kier alpha value is -4.10. The van der Waals surface area contributed by atoms with Gasteiger partial charge in [0.05, 0.1) is 5.69 Å². The summed E-state index contributed by atoms with van der Waals surface area (Å²) in [5, 5.41) is 3.76. The van der Waals surface area contributed by atoms with Crippen molar-refractivity contribution >= 4 is 21.7 Å². The zero-order valence-electron chi connectivity index (χ0n) is 19.7. The molecule has 0 saturated carbocycles. The van der Waals surface area contributed by atoms with Gasteiger partial charge in [0.15, 0.2) is 0 Å². The molecule has 1 aromatic heterocycles. The van der Waals surface area contributed by atoms with E-state index >= 15 is 0 Å². The number of hydrogen-bond acceptors (Lipinski definition) is 0. The minimum atomic E-state index is 0. The van der Waals surface area contributed by atoms with Gasteiger partial charge in [-0.05, 0) is 45.8 Å². The van der Waals surface area contributed by atoms with E-state index in [4.69, 9.17) is 0 Å². The summed E-state index contributed by atoms with van der Waals surface area (Å²) >= 11 is 0. The largest absolute Gasteiger partial charge is 2.00 e. The number of para-hydroxylation sites is 1. The van der Waals surface area contributed by atoms with Gasteiger partial charge < -0.3 is 4.57 Å². The molecule has 6 aromatic carbocycles. The number of nitrogens with zero attached hydrogens (tertiary/aromatic N) is 1. The molecule has 0 amide bonds. The fourth-order valence-corrected chi connectivity index (χ4v) is 4.76. The number of fused-ring (bicyclic) bond motifs is 2. The molecule has 0 fully saturated rings. The van der Waals surface area contributed by atoms with Gasteiger partial charge in [-0.3, -0.25) is 0 Å². The van der Waals surface area contributed by atoms with Crippen molar-refractivity contribution in [2.45, 2.75) is 0 Å². The first-order valence-electron chi connectivity index (χ1n) is 12.0. The fourth-order valence-electron chi connectivity index (χ4n) is 4.76. The summed E-state index contributed by atoms with van der Waals surface area (Å²) in [6.07, 6.45) is 0. The molecule has 0 radical (unpaired) electrons. The number of benzene rings is 4. The van der Waals surface area contributed by atoms with Gasteiger partial charge in [0.25, 0.3) is 0 Å². The maximum absolute atomic E-state index is 2.42. The summed E-state index contributed by atoms with van der Waals surface area (Å²) in [7, 11) is 0. The molecule has 7 aromatic rings. The van der Waals surface area contributed by atoms with Crippen LogP contribution in [0, 0.1) is 0 Å². The number of rotatable bonds is 3. The van der Waals surface area contributed by atoms with Crippen LogP contribution in [-0.2, 0) is 17.1 Å².